The third-order valence-electron chi connectivity index (χ3n) is 4.17. The molecule has 1 aliphatic rings. The number of allylic oxidation sites excluding steroid dienone is 1. The Labute approximate surface area is 114 Å². The number of rotatable bonds is 2. The van der Waals surface area contributed by atoms with E-state index in [0.717, 1.165) is 18.5 Å². The van der Waals surface area contributed by atoms with Gasteiger partial charge in [-0.2, -0.15) is 0 Å². The molecule has 1 unspecified atom stereocenters. The molecule has 2 aromatic rings. The van der Waals surface area contributed by atoms with Crippen LogP contribution in [0.25, 0.3) is 16.5 Å². The van der Waals surface area contributed by atoms with Crippen molar-refractivity contribution in [2.75, 3.05) is 19.8 Å². The molecule has 0 bridgehead atoms. The fraction of sp³-hybridized carbons (Fsp3) is 0.375. The number of nitrogens with one attached hydrogen (secondary N) is 1. The van der Waals surface area contributed by atoms with Gasteiger partial charge < -0.3 is 15.6 Å². The van der Waals surface area contributed by atoms with Crippen molar-refractivity contribution < 1.29 is 0 Å². The second-order valence-electron chi connectivity index (χ2n) is 5.63. The molecule has 3 N–H and O–H groups in total. The van der Waals surface area contributed by atoms with Gasteiger partial charge in [0.1, 0.15) is 0 Å². The first-order valence-corrected chi connectivity index (χ1v) is 6.87. The van der Waals surface area contributed by atoms with E-state index in [2.05, 4.69) is 48.4 Å². The number of hydrogen-bond acceptors (Lipinski definition) is 2. The van der Waals surface area contributed by atoms with Crippen molar-refractivity contribution >= 4 is 22.2 Å². The van der Waals surface area contributed by atoms with E-state index in [0.29, 0.717) is 6.04 Å². The smallest absolute Gasteiger partial charge is 0.0461 e. The van der Waals surface area contributed by atoms with Crippen molar-refractivity contribution in [3.05, 3.63) is 36.0 Å². The van der Waals surface area contributed by atoms with E-state index < -0.39 is 0 Å². The van der Waals surface area contributed by atoms with Crippen LogP contribution in [0.2, 0.25) is 0 Å². The lowest BCUT2D eigenvalue weighted by atomic mass is 9.90. The Morgan fingerprint density at radius 1 is 1.32 bits per heavy atom. The summed E-state index contributed by atoms with van der Waals surface area (Å²) in [4.78, 5) is 5.66. The van der Waals surface area contributed by atoms with Gasteiger partial charge in [0.25, 0.3) is 0 Å². The third kappa shape index (κ3) is 2.26. The quantitative estimate of drug-likeness (QED) is 0.809. The summed E-state index contributed by atoms with van der Waals surface area (Å²) in [5.74, 6) is 0. The van der Waals surface area contributed by atoms with Crippen LogP contribution in [0.15, 0.2) is 30.5 Å². The Balaban J connectivity index is 1.95. The molecule has 0 spiro atoms. The van der Waals surface area contributed by atoms with Crippen LogP contribution in [0, 0.1) is 0 Å². The number of H-pyrrole nitrogens is 1. The number of nitrogens with two attached hydrogens (primary N) is 1. The monoisotopic (exact) mass is 255 g/mol. The Morgan fingerprint density at radius 3 is 2.84 bits per heavy atom. The average molecular weight is 255 g/mol. The van der Waals surface area contributed by atoms with E-state index in [1.165, 1.54) is 28.5 Å². The van der Waals surface area contributed by atoms with Gasteiger partial charge in [0.15, 0.2) is 0 Å². The van der Waals surface area contributed by atoms with Gasteiger partial charge in [0, 0.05) is 34.4 Å². The van der Waals surface area contributed by atoms with Crippen LogP contribution in [0.4, 0.5) is 5.69 Å². The second kappa shape index (κ2) is 4.74. The number of benzene rings is 1. The molecule has 19 heavy (non-hydrogen) atoms. The topological polar surface area (TPSA) is 45.0 Å². The number of nitrogen functional groups attached to an aromatic ring is 1. The number of anilines is 1. The van der Waals surface area contributed by atoms with Crippen LogP contribution < -0.4 is 5.73 Å². The number of aromatic amines is 1. The van der Waals surface area contributed by atoms with Crippen LogP contribution in [0.1, 0.15) is 24.8 Å². The maximum atomic E-state index is 5.90. The molecule has 1 aromatic carbocycles. The van der Waals surface area contributed by atoms with Crippen LogP contribution in [0.5, 0.6) is 0 Å². The molecule has 0 saturated heterocycles. The summed E-state index contributed by atoms with van der Waals surface area (Å²) in [6.07, 6.45) is 8.02. The number of hydrogen-bond donors (Lipinski definition) is 2. The second-order valence-corrected chi connectivity index (χ2v) is 5.63. The van der Waals surface area contributed by atoms with Crippen molar-refractivity contribution in [2.24, 2.45) is 0 Å². The van der Waals surface area contributed by atoms with E-state index >= 15 is 0 Å². The normalized spacial score (nSPS) is 19.9. The molecule has 1 aliphatic carbocycles. The predicted molar refractivity (Wildman–Crippen MR) is 82.0 cm³/mol. The van der Waals surface area contributed by atoms with Crippen molar-refractivity contribution in [1.29, 1.82) is 0 Å². The highest BCUT2D eigenvalue weighted by atomic mass is 15.1. The first-order chi connectivity index (χ1) is 9.15. The highest BCUT2D eigenvalue weighted by Crippen LogP contribution is 2.33. The van der Waals surface area contributed by atoms with Crippen molar-refractivity contribution in [2.45, 2.75) is 25.3 Å². The maximum Gasteiger partial charge on any atom is 0.0461 e. The molecule has 0 fully saturated rings. The summed E-state index contributed by atoms with van der Waals surface area (Å²) in [5, 5.41) is 1.24. The van der Waals surface area contributed by atoms with Gasteiger partial charge in [-0.3, -0.25) is 0 Å². The fourth-order valence-corrected chi connectivity index (χ4v) is 2.94. The summed E-state index contributed by atoms with van der Waals surface area (Å²) in [6, 6.07) is 6.75. The average Bonchev–Trinajstić information content (AvgIpc) is 2.81. The molecule has 1 aromatic heterocycles. The highest BCUT2D eigenvalue weighted by Gasteiger charge is 2.18. The van der Waals surface area contributed by atoms with E-state index in [4.69, 9.17) is 5.73 Å². The third-order valence-corrected chi connectivity index (χ3v) is 4.17. The summed E-state index contributed by atoms with van der Waals surface area (Å²) in [6.45, 7) is 0. The Bertz CT molecular complexity index is 622. The largest absolute Gasteiger partial charge is 0.399 e. The molecule has 3 nitrogen and oxygen atoms in total. The standard InChI is InChI=1S/C16H21N3/c1-19(2)13-6-3-11(4-7-13)15-10-18-16-8-5-12(17)9-14(15)16/h3,5,8-10,13,18H,4,6-7,17H2,1-2H3. The first-order valence-electron chi connectivity index (χ1n) is 6.87. The van der Waals surface area contributed by atoms with Gasteiger partial charge in [-0.1, -0.05) is 6.08 Å². The number of fused-ring (bicyclic) bond motifs is 1. The minimum absolute atomic E-state index is 0.680. The Hall–Kier alpha value is -1.74. The molecule has 3 heteroatoms. The molecule has 3 rings (SSSR count). The molecular formula is C16H21N3. The van der Waals surface area contributed by atoms with Gasteiger partial charge in [0.2, 0.25) is 0 Å². The van der Waals surface area contributed by atoms with E-state index in [-0.39, 0.29) is 0 Å². The van der Waals surface area contributed by atoms with Crippen LogP contribution in [-0.2, 0) is 0 Å². The van der Waals surface area contributed by atoms with Gasteiger partial charge in [0.05, 0.1) is 0 Å². The first kappa shape index (κ1) is 12.3. The fourth-order valence-electron chi connectivity index (χ4n) is 2.94. The lowest BCUT2D eigenvalue weighted by molar-refractivity contribution is 0.278. The van der Waals surface area contributed by atoms with Gasteiger partial charge in [-0.15, -0.1) is 0 Å². The molecule has 0 aliphatic heterocycles. The summed E-state index contributed by atoms with van der Waals surface area (Å²) in [7, 11) is 4.33. The molecule has 1 heterocycles. The Morgan fingerprint density at radius 2 is 2.16 bits per heavy atom. The van der Waals surface area contributed by atoms with Crippen molar-refractivity contribution in [3.8, 4) is 0 Å². The maximum absolute atomic E-state index is 5.90. The van der Waals surface area contributed by atoms with Gasteiger partial charge >= 0.3 is 0 Å². The molecule has 1 atom stereocenters. The minimum atomic E-state index is 0.680. The zero-order chi connectivity index (χ0) is 13.4. The zero-order valence-electron chi connectivity index (χ0n) is 11.6. The molecule has 0 saturated carbocycles. The minimum Gasteiger partial charge on any atom is -0.399 e. The van der Waals surface area contributed by atoms with Gasteiger partial charge in [-0.25, -0.2) is 0 Å². The lowest BCUT2D eigenvalue weighted by Crippen LogP contribution is -2.28. The molecular weight excluding hydrogens is 234 g/mol. The number of aromatic nitrogens is 1. The van der Waals surface area contributed by atoms with Crippen LogP contribution in [-0.4, -0.2) is 30.0 Å². The Kier molecular flexibility index (Phi) is 3.07. The number of nitrogens with zero attached hydrogens (tertiary/aromatic N) is 1. The molecule has 0 amide bonds. The highest BCUT2D eigenvalue weighted by molar-refractivity contribution is 5.94. The van der Waals surface area contributed by atoms with Crippen LogP contribution in [0.3, 0.4) is 0 Å². The summed E-state index contributed by atoms with van der Waals surface area (Å²) in [5.41, 5.74) is 10.7. The zero-order valence-corrected chi connectivity index (χ0v) is 11.6. The van der Waals surface area contributed by atoms with E-state index in [1.807, 2.05) is 6.07 Å². The van der Waals surface area contributed by atoms with E-state index in [1.54, 1.807) is 0 Å². The van der Waals surface area contributed by atoms with E-state index in [9.17, 15) is 0 Å². The van der Waals surface area contributed by atoms with Gasteiger partial charge in [-0.05, 0) is 57.1 Å². The molecule has 0 radical (unpaired) electrons. The van der Waals surface area contributed by atoms with Crippen molar-refractivity contribution in [3.63, 3.8) is 0 Å². The SMILES string of the molecule is CN(C)C1CC=C(c2c[nH]c3ccc(N)cc23)CC1. The lowest BCUT2D eigenvalue weighted by Gasteiger charge is -2.27. The van der Waals surface area contributed by atoms with Crippen molar-refractivity contribution in [1.82, 2.24) is 9.88 Å². The summed E-state index contributed by atoms with van der Waals surface area (Å²) >= 11 is 0. The summed E-state index contributed by atoms with van der Waals surface area (Å²) < 4.78 is 0. The molecule has 100 valence electrons. The van der Waals surface area contributed by atoms with Crippen LogP contribution >= 0.6 is 0 Å². The predicted octanol–water partition coefficient (Wildman–Crippen LogP) is 3.25.